The Hall–Kier alpha value is -3.37. The summed E-state index contributed by atoms with van der Waals surface area (Å²) in [5, 5.41) is 4.90. The lowest BCUT2D eigenvalue weighted by atomic mass is 10.0. The maximum atomic E-state index is 4.92. The largest absolute Gasteiger partial charge is 0.369 e. The molecule has 4 nitrogen and oxygen atoms in total. The molecular formula is C28H30N4. The van der Waals surface area contributed by atoms with Crippen molar-refractivity contribution in [2.75, 3.05) is 43.4 Å². The number of likely N-dealkylation sites (N-methyl/N-ethyl adjacent to an activating group) is 1. The molecule has 4 aromatic rings. The van der Waals surface area contributed by atoms with Crippen LogP contribution in [0.5, 0.6) is 0 Å². The number of rotatable bonds is 4. The van der Waals surface area contributed by atoms with Gasteiger partial charge in [0.05, 0.1) is 16.9 Å². The van der Waals surface area contributed by atoms with E-state index in [-0.39, 0.29) is 0 Å². The lowest BCUT2D eigenvalue weighted by Gasteiger charge is -2.34. The second kappa shape index (κ2) is 8.64. The van der Waals surface area contributed by atoms with Gasteiger partial charge in [-0.15, -0.1) is 0 Å². The van der Waals surface area contributed by atoms with Crippen LogP contribution in [0, 0.1) is 13.8 Å². The van der Waals surface area contributed by atoms with E-state index in [0.717, 1.165) is 54.0 Å². The molecule has 1 saturated heterocycles. The number of anilines is 3. The predicted molar refractivity (Wildman–Crippen MR) is 136 cm³/mol. The first-order valence-corrected chi connectivity index (χ1v) is 11.4. The summed E-state index contributed by atoms with van der Waals surface area (Å²) in [6, 6.07) is 25.6. The van der Waals surface area contributed by atoms with Gasteiger partial charge >= 0.3 is 0 Å². The topological polar surface area (TPSA) is 31.4 Å². The Morgan fingerprint density at radius 2 is 1.44 bits per heavy atom. The summed E-state index contributed by atoms with van der Waals surface area (Å²) < 4.78 is 0. The van der Waals surface area contributed by atoms with Gasteiger partial charge in [0.1, 0.15) is 0 Å². The first-order chi connectivity index (χ1) is 15.6. The molecule has 32 heavy (non-hydrogen) atoms. The third-order valence-electron chi connectivity index (χ3n) is 6.43. The number of fused-ring (bicyclic) bond motifs is 1. The van der Waals surface area contributed by atoms with E-state index >= 15 is 0 Å². The molecule has 0 radical (unpaired) electrons. The van der Waals surface area contributed by atoms with Crippen LogP contribution in [0.4, 0.5) is 17.1 Å². The van der Waals surface area contributed by atoms with Crippen LogP contribution in [0.25, 0.3) is 22.2 Å². The highest BCUT2D eigenvalue weighted by Crippen LogP contribution is 2.34. The van der Waals surface area contributed by atoms with E-state index in [1.54, 1.807) is 0 Å². The van der Waals surface area contributed by atoms with Crippen molar-refractivity contribution in [1.82, 2.24) is 9.88 Å². The molecule has 0 bridgehead atoms. The van der Waals surface area contributed by atoms with Crippen LogP contribution in [0.15, 0.2) is 72.8 Å². The fourth-order valence-corrected chi connectivity index (χ4v) is 4.56. The maximum absolute atomic E-state index is 4.92. The third-order valence-corrected chi connectivity index (χ3v) is 6.43. The molecule has 1 fully saturated rings. The van der Waals surface area contributed by atoms with Crippen LogP contribution >= 0.6 is 0 Å². The normalized spacial score (nSPS) is 14.7. The van der Waals surface area contributed by atoms with Crippen LogP contribution in [0.2, 0.25) is 0 Å². The minimum absolute atomic E-state index is 0.983. The van der Waals surface area contributed by atoms with Crippen molar-refractivity contribution in [1.29, 1.82) is 0 Å². The first kappa shape index (κ1) is 20.5. The number of nitrogens with zero attached hydrogens (tertiary/aromatic N) is 3. The van der Waals surface area contributed by atoms with Gasteiger partial charge in [-0.2, -0.15) is 0 Å². The fourth-order valence-electron chi connectivity index (χ4n) is 4.56. The SMILES string of the molecule is Cc1cc(N2CCN(C)CC2)cc(C)c1Nc1cc(-c2ccccc2)nc2ccccc12. The number of piperazine rings is 1. The summed E-state index contributed by atoms with van der Waals surface area (Å²) in [6.07, 6.45) is 0. The molecule has 4 heteroatoms. The molecular weight excluding hydrogens is 392 g/mol. The Kier molecular flexibility index (Phi) is 5.54. The second-order valence-corrected chi connectivity index (χ2v) is 8.81. The molecule has 1 aromatic heterocycles. The van der Waals surface area contributed by atoms with Crippen LogP contribution in [-0.2, 0) is 0 Å². The molecule has 1 N–H and O–H groups in total. The molecule has 0 spiro atoms. The standard InChI is InChI=1S/C28H30N4/c1-20-17-23(32-15-13-31(3)14-16-32)18-21(2)28(20)30-27-19-26(22-9-5-4-6-10-22)29-25-12-8-7-11-24(25)27/h4-12,17-19H,13-16H2,1-3H3,(H,29,30). The van der Waals surface area contributed by atoms with E-state index in [9.17, 15) is 0 Å². The number of hydrogen-bond acceptors (Lipinski definition) is 4. The van der Waals surface area contributed by atoms with E-state index in [1.807, 2.05) is 6.07 Å². The number of pyridine rings is 1. The van der Waals surface area contributed by atoms with Gasteiger partial charge in [0.25, 0.3) is 0 Å². The van der Waals surface area contributed by atoms with Crippen molar-refractivity contribution in [3.8, 4) is 11.3 Å². The van der Waals surface area contributed by atoms with E-state index in [1.165, 1.54) is 22.5 Å². The van der Waals surface area contributed by atoms with E-state index in [0.29, 0.717) is 0 Å². The molecule has 0 atom stereocenters. The molecule has 2 heterocycles. The average Bonchev–Trinajstić information content (AvgIpc) is 2.82. The Morgan fingerprint density at radius 3 is 2.16 bits per heavy atom. The summed E-state index contributed by atoms with van der Waals surface area (Å²) in [6.45, 7) is 8.80. The Bertz CT molecular complexity index is 1220. The molecule has 0 saturated carbocycles. The van der Waals surface area contributed by atoms with Gasteiger partial charge in [-0.05, 0) is 56.3 Å². The van der Waals surface area contributed by atoms with Gasteiger partial charge in [0.15, 0.2) is 0 Å². The number of aryl methyl sites for hydroxylation is 2. The van der Waals surface area contributed by atoms with Crippen molar-refractivity contribution < 1.29 is 0 Å². The predicted octanol–water partition coefficient (Wildman–Crippen LogP) is 6.01. The van der Waals surface area contributed by atoms with Crippen molar-refractivity contribution in [3.63, 3.8) is 0 Å². The van der Waals surface area contributed by atoms with E-state index in [4.69, 9.17) is 4.98 Å². The zero-order chi connectivity index (χ0) is 22.1. The average molecular weight is 423 g/mol. The quantitative estimate of drug-likeness (QED) is 0.436. The van der Waals surface area contributed by atoms with E-state index in [2.05, 4.69) is 103 Å². The number of nitrogens with one attached hydrogen (secondary N) is 1. The summed E-state index contributed by atoms with van der Waals surface area (Å²) in [7, 11) is 2.20. The highest BCUT2D eigenvalue weighted by atomic mass is 15.2. The summed E-state index contributed by atoms with van der Waals surface area (Å²) in [5.74, 6) is 0. The maximum Gasteiger partial charge on any atom is 0.0730 e. The zero-order valence-corrected chi connectivity index (χ0v) is 19.1. The minimum atomic E-state index is 0.983. The lowest BCUT2D eigenvalue weighted by molar-refractivity contribution is 0.313. The van der Waals surface area contributed by atoms with Gasteiger partial charge < -0.3 is 15.1 Å². The molecule has 162 valence electrons. The van der Waals surface area contributed by atoms with Gasteiger partial charge in [-0.25, -0.2) is 4.98 Å². The smallest absolute Gasteiger partial charge is 0.0730 e. The summed E-state index contributed by atoms with van der Waals surface area (Å²) in [4.78, 5) is 9.82. The molecule has 0 amide bonds. The van der Waals surface area contributed by atoms with Crippen LogP contribution in [-0.4, -0.2) is 43.1 Å². The Morgan fingerprint density at radius 1 is 0.781 bits per heavy atom. The van der Waals surface area contributed by atoms with Gasteiger partial charge in [-0.1, -0.05) is 48.5 Å². The van der Waals surface area contributed by atoms with Crippen LogP contribution in [0.3, 0.4) is 0 Å². The summed E-state index contributed by atoms with van der Waals surface area (Å²) in [5.41, 5.74) is 9.23. The second-order valence-electron chi connectivity index (χ2n) is 8.81. The van der Waals surface area contributed by atoms with Crippen molar-refractivity contribution in [2.24, 2.45) is 0 Å². The molecule has 0 unspecified atom stereocenters. The van der Waals surface area contributed by atoms with Gasteiger partial charge in [0.2, 0.25) is 0 Å². The minimum Gasteiger partial charge on any atom is -0.369 e. The van der Waals surface area contributed by atoms with Crippen molar-refractivity contribution in [2.45, 2.75) is 13.8 Å². The zero-order valence-electron chi connectivity index (χ0n) is 19.1. The highest BCUT2D eigenvalue weighted by Gasteiger charge is 2.17. The molecule has 1 aliphatic heterocycles. The molecule has 3 aromatic carbocycles. The Balaban J connectivity index is 1.53. The lowest BCUT2D eigenvalue weighted by Crippen LogP contribution is -2.44. The number of benzene rings is 3. The Labute approximate surface area is 190 Å². The molecule has 1 aliphatic rings. The number of aromatic nitrogens is 1. The number of hydrogen-bond donors (Lipinski definition) is 1. The van der Waals surface area contributed by atoms with Crippen molar-refractivity contribution in [3.05, 3.63) is 83.9 Å². The highest BCUT2D eigenvalue weighted by molar-refractivity contribution is 5.96. The van der Waals surface area contributed by atoms with Crippen LogP contribution in [0.1, 0.15) is 11.1 Å². The van der Waals surface area contributed by atoms with E-state index < -0.39 is 0 Å². The number of para-hydroxylation sites is 1. The van der Waals surface area contributed by atoms with Crippen LogP contribution < -0.4 is 10.2 Å². The monoisotopic (exact) mass is 422 g/mol. The molecule has 5 rings (SSSR count). The van der Waals surface area contributed by atoms with Crippen molar-refractivity contribution >= 4 is 28.0 Å². The van der Waals surface area contributed by atoms with Gasteiger partial charge in [-0.3, -0.25) is 0 Å². The first-order valence-electron chi connectivity index (χ1n) is 11.4. The fraction of sp³-hybridized carbons (Fsp3) is 0.250. The van der Waals surface area contributed by atoms with Gasteiger partial charge in [0, 0.05) is 48.5 Å². The third kappa shape index (κ3) is 4.06. The summed E-state index contributed by atoms with van der Waals surface area (Å²) >= 11 is 0. The molecule has 0 aliphatic carbocycles.